The number of esters is 2. The molecular weight excluding hydrogens is 446 g/mol. The van der Waals surface area contributed by atoms with Crippen molar-refractivity contribution >= 4 is 17.7 Å². The lowest BCUT2D eigenvalue weighted by atomic mass is 9.87. The fourth-order valence-corrected chi connectivity index (χ4v) is 3.91. The summed E-state index contributed by atoms with van der Waals surface area (Å²) in [5.74, 6) is -2.33. The second-order valence-corrected chi connectivity index (χ2v) is 8.25. The van der Waals surface area contributed by atoms with Crippen LogP contribution in [0.4, 0.5) is 0 Å². The Morgan fingerprint density at radius 2 is 1.46 bits per heavy atom. The van der Waals surface area contributed by atoms with E-state index in [0.29, 0.717) is 0 Å². The van der Waals surface area contributed by atoms with Crippen molar-refractivity contribution in [1.82, 2.24) is 4.98 Å². The Balaban J connectivity index is 1.75. The average molecular weight is 476 g/mol. The van der Waals surface area contributed by atoms with E-state index < -0.39 is 29.7 Å². The highest BCUT2D eigenvalue weighted by Gasteiger charge is 2.29. The van der Waals surface area contributed by atoms with Gasteiger partial charge in [-0.1, -0.05) is 67.6 Å². The first-order valence-corrected chi connectivity index (χ1v) is 11.4. The first kappa shape index (κ1) is 25.6. The molecule has 0 spiro atoms. The lowest BCUT2D eigenvalue weighted by Crippen LogP contribution is -2.28. The summed E-state index contributed by atoms with van der Waals surface area (Å²) in [5.41, 5.74) is 1.97. The molecule has 182 valence electrons. The number of nitrogens with zero attached hydrogens (tertiary/aromatic N) is 1. The van der Waals surface area contributed by atoms with E-state index in [2.05, 4.69) is 4.98 Å². The topological polar surface area (TPSA) is 91.8 Å². The number of ketones is 1. The Kier molecular flexibility index (Phi) is 8.73. The zero-order chi connectivity index (χ0) is 25.4. The van der Waals surface area contributed by atoms with Crippen molar-refractivity contribution in [2.75, 3.05) is 7.11 Å². The van der Waals surface area contributed by atoms with Crippen molar-refractivity contribution in [2.24, 2.45) is 5.92 Å². The van der Waals surface area contributed by atoms with Gasteiger partial charge in [0.1, 0.15) is 6.10 Å². The van der Waals surface area contributed by atoms with Crippen molar-refractivity contribution in [1.29, 1.82) is 0 Å². The van der Waals surface area contributed by atoms with Crippen LogP contribution in [0.1, 0.15) is 54.7 Å². The number of aromatic nitrogens is 1. The summed E-state index contributed by atoms with van der Waals surface area (Å²) >= 11 is 0. The van der Waals surface area contributed by atoms with Gasteiger partial charge in [0.15, 0.2) is 17.2 Å². The summed E-state index contributed by atoms with van der Waals surface area (Å²) in [6.07, 6.45) is 0.742. The number of carbonyl (C=O) groups excluding carboxylic acids is 3. The van der Waals surface area contributed by atoms with E-state index in [0.717, 1.165) is 11.1 Å². The smallest absolute Gasteiger partial charge is 0.309 e. The SMILES string of the molecule is COc1ccnc(C(=O)C[C@@H](C)C(=O)O[C@@H](C)C(c2ccccc2)c2ccccc2)c1OC(C)=O. The van der Waals surface area contributed by atoms with Crippen LogP contribution in [0, 0.1) is 5.92 Å². The molecule has 0 amide bonds. The molecular formula is C28H29NO6. The zero-order valence-electron chi connectivity index (χ0n) is 20.3. The van der Waals surface area contributed by atoms with Gasteiger partial charge >= 0.3 is 11.9 Å². The maximum atomic E-state index is 13.0. The second kappa shape index (κ2) is 11.9. The molecule has 0 saturated heterocycles. The number of hydrogen-bond donors (Lipinski definition) is 0. The molecule has 1 aromatic heterocycles. The van der Waals surface area contributed by atoms with Crippen molar-refractivity contribution in [3.8, 4) is 11.5 Å². The number of rotatable bonds is 10. The Morgan fingerprint density at radius 1 is 0.886 bits per heavy atom. The summed E-state index contributed by atoms with van der Waals surface area (Å²) in [6, 6.07) is 21.2. The van der Waals surface area contributed by atoms with Gasteiger partial charge in [0, 0.05) is 31.5 Å². The first-order chi connectivity index (χ1) is 16.8. The van der Waals surface area contributed by atoms with Crippen LogP contribution in [0.5, 0.6) is 11.5 Å². The lowest BCUT2D eigenvalue weighted by molar-refractivity contribution is -0.153. The van der Waals surface area contributed by atoms with Gasteiger partial charge in [-0.05, 0) is 18.1 Å². The number of hydrogen-bond acceptors (Lipinski definition) is 7. The highest BCUT2D eigenvalue weighted by atomic mass is 16.6. The Hall–Kier alpha value is -4.00. The number of pyridine rings is 1. The summed E-state index contributed by atoms with van der Waals surface area (Å²) in [4.78, 5) is 41.5. The molecule has 0 N–H and O–H groups in total. The van der Waals surface area contributed by atoms with Crippen LogP contribution in [-0.2, 0) is 14.3 Å². The molecule has 0 bridgehead atoms. The number of benzene rings is 2. The van der Waals surface area contributed by atoms with Crippen LogP contribution in [0.2, 0.25) is 0 Å². The van der Waals surface area contributed by atoms with Crippen LogP contribution < -0.4 is 9.47 Å². The third-order valence-electron chi connectivity index (χ3n) is 5.58. The van der Waals surface area contributed by atoms with E-state index in [4.69, 9.17) is 14.2 Å². The van der Waals surface area contributed by atoms with Gasteiger partial charge < -0.3 is 14.2 Å². The monoisotopic (exact) mass is 475 g/mol. The number of methoxy groups -OCH3 is 1. The quantitative estimate of drug-likeness (QED) is 0.301. The van der Waals surface area contributed by atoms with Gasteiger partial charge in [-0.25, -0.2) is 4.98 Å². The summed E-state index contributed by atoms with van der Waals surface area (Å²) < 4.78 is 16.2. The molecule has 2 aromatic carbocycles. The molecule has 0 unspecified atom stereocenters. The van der Waals surface area contributed by atoms with Gasteiger partial charge in [-0.15, -0.1) is 0 Å². The van der Waals surface area contributed by atoms with Gasteiger partial charge in [0.2, 0.25) is 5.75 Å². The molecule has 1 heterocycles. The number of Topliss-reactive ketones (excluding diaryl/α,β-unsaturated/α-hetero) is 1. The molecule has 2 atom stereocenters. The average Bonchev–Trinajstić information content (AvgIpc) is 2.85. The lowest BCUT2D eigenvalue weighted by Gasteiger charge is -2.26. The van der Waals surface area contributed by atoms with Crippen molar-refractivity contribution < 1.29 is 28.6 Å². The minimum absolute atomic E-state index is 0.0605. The van der Waals surface area contributed by atoms with Gasteiger partial charge in [-0.3, -0.25) is 14.4 Å². The van der Waals surface area contributed by atoms with Crippen LogP contribution in [0.25, 0.3) is 0 Å². The highest BCUT2D eigenvalue weighted by Crippen LogP contribution is 2.32. The normalized spacial score (nSPS) is 12.5. The van der Waals surface area contributed by atoms with Crippen LogP contribution in [0.3, 0.4) is 0 Å². The fraction of sp³-hybridized carbons (Fsp3) is 0.286. The minimum Gasteiger partial charge on any atom is -0.493 e. The van der Waals surface area contributed by atoms with Gasteiger partial charge in [-0.2, -0.15) is 0 Å². The van der Waals surface area contributed by atoms with Crippen LogP contribution in [0.15, 0.2) is 72.9 Å². The first-order valence-electron chi connectivity index (χ1n) is 11.4. The Labute approximate surface area is 205 Å². The van der Waals surface area contributed by atoms with Crippen molar-refractivity contribution in [3.05, 3.63) is 89.7 Å². The van der Waals surface area contributed by atoms with E-state index in [9.17, 15) is 14.4 Å². The zero-order valence-corrected chi connectivity index (χ0v) is 20.3. The fourth-order valence-electron chi connectivity index (χ4n) is 3.91. The minimum atomic E-state index is -0.740. The second-order valence-electron chi connectivity index (χ2n) is 8.25. The Morgan fingerprint density at radius 3 is 1.97 bits per heavy atom. The van der Waals surface area contributed by atoms with E-state index in [1.54, 1.807) is 6.92 Å². The predicted octanol–water partition coefficient (Wildman–Crippen LogP) is 4.99. The number of carbonyl (C=O) groups is 3. The molecule has 0 aliphatic carbocycles. The predicted molar refractivity (Wildman–Crippen MR) is 130 cm³/mol. The van der Waals surface area contributed by atoms with Crippen molar-refractivity contribution in [3.63, 3.8) is 0 Å². The summed E-state index contributed by atoms with van der Waals surface area (Å²) in [5, 5.41) is 0. The molecule has 7 heteroatoms. The van der Waals surface area contributed by atoms with Gasteiger partial charge in [0.25, 0.3) is 0 Å². The highest BCUT2D eigenvalue weighted by molar-refractivity contribution is 5.99. The van der Waals surface area contributed by atoms with Crippen LogP contribution in [-0.4, -0.2) is 35.9 Å². The van der Waals surface area contributed by atoms with Crippen molar-refractivity contribution in [2.45, 2.75) is 39.2 Å². The summed E-state index contributed by atoms with van der Waals surface area (Å²) in [6.45, 7) is 4.69. The molecule has 0 aliphatic heterocycles. The molecule has 0 fully saturated rings. The van der Waals surface area contributed by atoms with E-state index in [-0.39, 0.29) is 29.5 Å². The molecule has 3 aromatic rings. The molecule has 7 nitrogen and oxygen atoms in total. The Bertz CT molecular complexity index is 1120. The van der Waals surface area contributed by atoms with E-state index in [1.165, 1.54) is 26.3 Å². The third kappa shape index (κ3) is 6.53. The molecule has 35 heavy (non-hydrogen) atoms. The molecule has 0 radical (unpaired) electrons. The standard InChI is InChI=1S/C28H29NO6/c1-18(17-23(31)26-27(35-20(3)30)24(33-4)15-16-29-26)28(32)34-19(2)25(21-11-7-5-8-12-21)22-13-9-6-10-14-22/h5-16,18-19,25H,17H2,1-4H3/t18-,19+/m1/s1. The molecule has 0 aliphatic rings. The third-order valence-corrected chi connectivity index (χ3v) is 5.58. The molecule has 0 saturated carbocycles. The van der Waals surface area contributed by atoms with E-state index in [1.807, 2.05) is 67.6 Å². The molecule has 3 rings (SSSR count). The van der Waals surface area contributed by atoms with E-state index >= 15 is 0 Å². The van der Waals surface area contributed by atoms with Gasteiger partial charge in [0.05, 0.1) is 13.0 Å². The maximum Gasteiger partial charge on any atom is 0.309 e. The maximum absolute atomic E-state index is 13.0. The largest absolute Gasteiger partial charge is 0.493 e. The van der Waals surface area contributed by atoms with Crippen LogP contribution >= 0.6 is 0 Å². The summed E-state index contributed by atoms with van der Waals surface area (Å²) in [7, 11) is 1.40. The number of ether oxygens (including phenoxy) is 3.